The molecule has 1 aromatic rings. The number of rotatable bonds is 3. The Morgan fingerprint density at radius 2 is 2.13 bits per heavy atom. The molecule has 1 heterocycles. The van der Waals surface area contributed by atoms with Crippen LogP contribution in [0.4, 0.5) is 8.78 Å². The van der Waals surface area contributed by atoms with Gasteiger partial charge in [0.25, 0.3) is 12.2 Å². The molecule has 0 aromatic carbocycles. The lowest BCUT2D eigenvalue weighted by molar-refractivity contribution is -0.135. The number of carbonyl (C=O) groups excluding carboxylic acids is 2. The molecule has 1 rings (SSSR count). The van der Waals surface area contributed by atoms with Crippen molar-refractivity contribution >= 4 is 11.8 Å². The van der Waals surface area contributed by atoms with Crippen molar-refractivity contribution in [3.05, 3.63) is 29.6 Å². The van der Waals surface area contributed by atoms with Crippen LogP contribution >= 0.6 is 0 Å². The number of pyridine rings is 1. The first-order chi connectivity index (χ1) is 7.07. The molecule has 0 amide bonds. The number of hydrogen-bond donors (Lipinski definition) is 0. The summed E-state index contributed by atoms with van der Waals surface area (Å²) >= 11 is 0. The van der Waals surface area contributed by atoms with E-state index in [1.165, 1.54) is 6.07 Å². The Hall–Kier alpha value is -1.85. The van der Waals surface area contributed by atoms with Crippen LogP contribution in [-0.4, -0.2) is 23.8 Å². The van der Waals surface area contributed by atoms with Crippen molar-refractivity contribution < 1.29 is 23.1 Å². The summed E-state index contributed by atoms with van der Waals surface area (Å²) in [6.07, 6.45) is -1.79. The fourth-order valence-corrected chi connectivity index (χ4v) is 0.986. The molecular weight excluding hydrogens is 208 g/mol. The number of ether oxygens (including phenoxy) is 1. The van der Waals surface area contributed by atoms with Crippen LogP contribution in [0.25, 0.3) is 0 Å². The van der Waals surface area contributed by atoms with Gasteiger partial charge in [0.2, 0.25) is 0 Å². The molecule has 0 fully saturated rings. The van der Waals surface area contributed by atoms with Crippen molar-refractivity contribution in [2.75, 3.05) is 7.11 Å². The molecule has 6 heteroatoms. The molecule has 0 aliphatic carbocycles. The zero-order chi connectivity index (χ0) is 11.4. The van der Waals surface area contributed by atoms with Gasteiger partial charge >= 0.3 is 5.97 Å². The molecule has 0 bridgehead atoms. The van der Waals surface area contributed by atoms with Crippen LogP contribution in [0.2, 0.25) is 0 Å². The van der Waals surface area contributed by atoms with E-state index in [1.807, 2.05) is 0 Å². The van der Waals surface area contributed by atoms with Gasteiger partial charge in [0, 0.05) is 6.20 Å². The van der Waals surface area contributed by atoms with Gasteiger partial charge in [-0.05, 0) is 12.1 Å². The SMILES string of the molecule is COC(=O)C(=O)c1cccnc1C(F)F. The first-order valence-corrected chi connectivity index (χ1v) is 3.93. The molecule has 0 atom stereocenters. The second-order valence-corrected chi connectivity index (χ2v) is 2.56. The molecule has 0 spiro atoms. The van der Waals surface area contributed by atoms with Crippen molar-refractivity contribution in [1.29, 1.82) is 0 Å². The highest BCUT2D eigenvalue weighted by molar-refractivity contribution is 6.40. The van der Waals surface area contributed by atoms with E-state index in [1.54, 1.807) is 0 Å². The van der Waals surface area contributed by atoms with Gasteiger partial charge in [0.1, 0.15) is 5.69 Å². The maximum atomic E-state index is 12.4. The summed E-state index contributed by atoms with van der Waals surface area (Å²) in [7, 11) is 0.999. The van der Waals surface area contributed by atoms with Crippen molar-refractivity contribution in [2.45, 2.75) is 6.43 Å². The Morgan fingerprint density at radius 1 is 1.47 bits per heavy atom. The maximum Gasteiger partial charge on any atom is 0.379 e. The van der Waals surface area contributed by atoms with E-state index in [2.05, 4.69) is 9.72 Å². The maximum absolute atomic E-state index is 12.4. The van der Waals surface area contributed by atoms with E-state index >= 15 is 0 Å². The lowest BCUT2D eigenvalue weighted by atomic mass is 10.1. The molecule has 0 unspecified atom stereocenters. The van der Waals surface area contributed by atoms with E-state index < -0.39 is 29.4 Å². The standard InChI is InChI=1S/C9H7F2NO3/c1-15-9(14)7(13)5-3-2-4-12-6(5)8(10)11/h2-4,8H,1H3. The normalized spacial score (nSPS) is 10.1. The third-order valence-electron chi connectivity index (χ3n) is 1.66. The van der Waals surface area contributed by atoms with Crippen LogP contribution < -0.4 is 0 Å². The number of Topliss-reactive ketones (excluding diaryl/α,β-unsaturated/α-hetero) is 1. The molecule has 0 radical (unpaired) electrons. The molecule has 80 valence electrons. The predicted molar refractivity (Wildman–Crippen MR) is 45.5 cm³/mol. The van der Waals surface area contributed by atoms with E-state index in [4.69, 9.17) is 0 Å². The molecule has 0 N–H and O–H groups in total. The average molecular weight is 215 g/mol. The minimum atomic E-state index is -2.91. The van der Waals surface area contributed by atoms with Gasteiger partial charge in [-0.3, -0.25) is 9.78 Å². The first-order valence-electron chi connectivity index (χ1n) is 3.93. The molecule has 0 aliphatic heterocycles. The van der Waals surface area contributed by atoms with Gasteiger partial charge in [0.05, 0.1) is 12.7 Å². The first kappa shape index (κ1) is 11.2. The Labute approximate surface area is 83.9 Å². The molecule has 15 heavy (non-hydrogen) atoms. The minimum Gasteiger partial charge on any atom is -0.463 e. The number of ketones is 1. The highest BCUT2D eigenvalue weighted by atomic mass is 19.3. The van der Waals surface area contributed by atoms with Crippen molar-refractivity contribution in [2.24, 2.45) is 0 Å². The van der Waals surface area contributed by atoms with Gasteiger partial charge in [-0.25, -0.2) is 13.6 Å². The van der Waals surface area contributed by atoms with Crippen LogP contribution in [0.3, 0.4) is 0 Å². The largest absolute Gasteiger partial charge is 0.463 e. The molecule has 0 aliphatic rings. The minimum absolute atomic E-state index is 0.431. The van der Waals surface area contributed by atoms with E-state index in [-0.39, 0.29) is 0 Å². The Kier molecular flexibility index (Phi) is 3.43. The van der Waals surface area contributed by atoms with Crippen molar-refractivity contribution in [3.8, 4) is 0 Å². The molecular formula is C9H7F2NO3. The fourth-order valence-electron chi connectivity index (χ4n) is 0.986. The summed E-state index contributed by atoms with van der Waals surface area (Å²) in [6.45, 7) is 0. The Balaban J connectivity index is 3.13. The van der Waals surface area contributed by atoms with E-state index in [0.29, 0.717) is 0 Å². The monoisotopic (exact) mass is 215 g/mol. The number of aromatic nitrogens is 1. The van der Waals surface area contributed by atoms with E-state index in [0.717, 1.165) is 19.4 Å². The highest BCUT2D eigenvalue weighted by Gasteiger charge is 2.24. The lowest BCUT2D eigenvalue weighted by Gasteiger charge is -2.04. The molecule has 0 saturated carbocycles. The highest BCUT2D eigenvalue weighted by Crippen LogP contribution is 2.20. The second-order valence-electron chi connectivity index (χ2n) is 2.56. The summed E-state index contributed by atoms with van der Waals surface area (Å²) in [5.41, 5.74) is -1.15. The summed E-state index contributed by atoms with van der Waals surface area (Å²) in [5, 5.41) is 0. The molecule has 4 nitrogen and oxygen atoms in total. The van der Waals surface area contributed by atoms with Gasteiger partial charge in [0.15, 0.2) is 0 Å². The number of methoxy groups -OCH3 is 1. The third-order valence-corrected chi connectivity index (χ3v) is 1.66. The average Bonchev–Trinajstić information content (AvgIpc) is 2.27. The number of alkyl halides is 2. The Bertz CT molecular complexity index is 393. The van der Waals surface area contributed by atoms with E-state index in [9.17, 15) is 18.4 Å². The van der Waals surface area contributed by atoms with Gasteiger partial charge < -0.3 is 4.74 Å². The van der Waals surface area contributed by atoms with Crippen molar-refractivity contribution in [3.63, 3.8) is 0 Å². The summed E-state index contributed by atoms with van der Waals surface area (Å²) in [4.78, 5) is 25.4. The van der Waals surface area contributed by atoms with Crippen LogP contribution in [0, 0.1) is 0 Å². The second kappa shape index (κ2) is 4.59. The van der Waals surface area contributed by atoms with Gasteiger partial charge in [-0.1, -0.05) is 0 Å². The molecule has 1 aromatic heterocycles. The lowest BCUT2D eigenvalue weighted by Crippen LogP contribution is -2.18. The zero-order valence-corrected chi connectivity index (χ0v) is 7.74. The number of halogens is 2. The summed E-state index contributed by atoms with van der Waals surface area (Å²) in [5.74, 6) is -2.31. The number of esters is 1. The molecule has 0 saturated heterocycles. The fraction of sp³-hybridized carbons (Fsp3) is 0.222. The van der Waals surface area contributed by atoms with Gasteiger partial charge in [-0.2, -0.15) is 0 Å². The van der Waals surface area contributed by atoms with Crippen molar-refractivity contribution in [1.82, 2.24) is 4.98 Å². The van der Waals surface area contributed by atoms with Crippen LogP contribution in [0.1, 0.15) is 22.5 Å². The number of carbonyl (C=O) groups is 2. The van der Waals surface area contributed by atoms with Crippen LogP contribution in [0.15, 0.2) is 18.3 Å². The topological polar surface area (TPSA) is 56.3 Å². The summed E-state index contributed by atoms with van der Waals surface area (Å²) < 4.78 is 28.9. The zero-order valence-electron chi connectivity index (χ0n) is 7.74. The number of nitrogens with zero attached hydrogens (tertiary/aromatic N) is 1. The quantitative estimate of drug-likeness (QED) is 0.434. The Morgan fingerprint density at radius 3 is 2.67 bits per heavy atom. The van der Waals surface area contributed by atoms with Crippen LogP contribution in [0.5, 0.6) is 0 Å². The third kappa shape index (κ3) is 2.34. The predicted octanol–water partition coefficient (Wildman–Crippen LogP) is 1.37. The van der Waals surface area contributed by atoms with Gasteiger partial charge in [-0.15, -0.1) is 0 Å². The summed E-state index contributed by atoms with van der Waals surface area (Å²) in [6, 6.07) is 2.40. The number of hydrogen-bond acceptors (Lipinski definition) is 4. The van der Waals surface area contributed by atoms with Crippen LogP contribution in [-0.2, 0) is 9.53 Å². The smallest absolute Gasteiger partial charge is 0.379 e.